The Morgan fingerprint density at radius 2 is 1.70 bits per heavy atom. The lowest BCUT2D eigenvalue weighted by atomic mass is 10.0. The number of nitrogens with zero attached hydrogens (tertiary/aromatic N) is 2. The summed E-state index contributed by atoms with van der Waals surface area (Å²) < 4.78 is 22.9. The molecule has 216 valence electrons. The van der Waals surface area contributed by atoms with Gasteiger partial charge in [0, 0.05) is 32.0 Å². The molecule has 0 aliphatic carbocycles. The predicted molar refractivity (Wildman–Crippen MR) is 152 cm³/mol. The van der Waals surface area contributed by atoms with E-state index in [9.17, 15) is 9.59 Å². The lowest BCUT2D eigenvalue weighted by Gasteiger charge is -2.21. The fourth-order valence-electron chi connectivity index (χ4n) is 4.01. The molecule has 0 radical (unpaired) electrons. The van der Waals surface area contributed by atoms with E-state index in [0.29, 0.717) is 37.7 Å². The molecule has 40 heavy (non-hydrogen) atoms. The number of amides is 1. The monoisotopic (exact) mass is 552 g/mol. The Hall–Kier alpha value is -4.01. The van der Waals surface area contributed by atoms with E-state index in [4.69, 9.17) is 23.7 Å². The van der Waals surface area contributed by atoms with Gasteiger partial charge in [0.1, 0.15) is 17.3 Å². The number of aliphatic carboxylic acids is 1. The van der Waals surface area contributed by atoms with Crippen molar-refractivity contribution in [2.45, 2.75) is 72.4 Å². The first-order chi connectivity index (χ1) is 19.2. The van der Waals surface area contributed by atoms with E-state index in [0.717, 1.165) is 46.7 Å². The van der Waals surface area contributed by atoms with Crippen LogP contribution in [-0.4, -0.2) is 53.4 Å². The molecule has 0 bridgehead atoms. The summed E-state index contributed by atoms with van der Waals surface area (Å²) in [4.78, 5) is 29.6. The standard InChI is InChI=1S/C31H40N2O7/c1-6-7-17-37-26-12-9-24(10-13-26)30-32-28(22(4)40-30)16-18-38-27-14-8-23(11-15-29(34)35)25(19-27)20-33(5)31(36)39-21(2)3/h8-10,12-14,19,21H,6-7,11,15-18,20H2,1-5H3,(H,34,35). The van der Waals surface area contributed by atoms with Gasteiger partial charge in [0.15, 0.2) is 0 Å². The Labute approximate surface area is 236 Å². The molecule has 0 aliphatic heterocycles. The van der Waals surface area contributed by atoms with Gasteiger partial charge in [0.2, 0.25) is 5.89 Å². The van der Waals surface area contributed by atoms with Crippen LogP contribution in [0.5, 0.6) is 11.5 Å². The third-order valence-corrected chi connectivity index (χ3v) is 6.21. The SMILES string of the molecule is CCCCOc1ccc(-c2nc(CCOc3ccc(CCC(=O)O)c(CN(C)C(=O)OC(C)C)c3)c(C)o2)cc1. The summed E-state index contributed by atoms with van der Waals surface area (Å²) in [6.07, 6.45) is 2.32. The van der Waals surface area contributed by atoms with Crippen LogP contribution in [0.25, 0.3) is 11.5 Å². The minimum Gasteiger partial charge on any atom is -0.494 e. The number of unbranched alkanes of at least 4 members (excludes halogenated alkanes) is 1. The molecule has 3 rings (SSSR count). The van der Waals surface area contributed by atoms with Crippen molar-refractivity contribution in [1.29, 1.82) is 0 Å². The molecule has 1 amide bonds. The molecule has 0 aliphatic rings. The van der Waals surface area contributed by atoms with E-state index in [1.165, 1.54) is 4.90 Å². The third-order valence-electron chi connectivity index (χ3n) is 6.21. The second-order valence-electron chi connectivity index (χ2n) is 9.96. The lowest BCUT2D eigenvalue weighted by molar-refractivity contribution is -0.136. The Kier molecular flexibility index (Phi) is 11.4. The molecule has 0 fully saturated rings. The normalized spacial score (nSPS) is 10.9. The molecule has 2 aromatic carbocycles. The number of carboxylic acids is 1. The van der Waals surface area contributed by atoms with Crippen molar-refractivity contribution >= 4 is 12.1 Å². The highest BCUT2D eigenvalue weighted by Gasteiger charge is 2.16. The van der Waals surface area contributed by atoms with E-state index in [1.54, 1.807) is 20.9 Å². The lowest BCUT2D eigenvalue weighted by Crippen LogP contribution is -2.29. The number of hydrogen-bond donors (Lipinski definition) is 1. The summed E-state index contributed by atoms with van der Waals surface area (Å²) in [5.74, 6) is 1.86. The number of rotatable bonds is 15. The maximum Gasteiger partial charge on any atom is 0.410 e. The van der Waals surface area contributed by atoms with Crippen LogP contribution in [-0.2, 0) is 28.9 Å². The molecular formula is C31H40N2O7. The van der Waals surface area contributed by atoms with Crippen molar-refractivity contribution in [3.8, 4) is 23.0 Å². The van der Waals surface area contributed by atoms with Crippen LogP contribution in [0.4, 0.5) is 4.79 Å². The highest BCUT2D eigenvalue weighted by molar-refractivity contribution is 5.68. The minimum atomic E-state index is -0.877. The number of carbonyl (C=O) groups is 2. The quantitative estimate of drug-likeness (QED) is 0.214. The van der Waals surface area contributed by atoms with Crippen LogP contribution in [0.15, 0.2) is 46.9 Å². The van der Waals surface area contributed by atoms with Crippen LogP contribution in [0, 0.1) is 6.92 Å². The van der Waals surface area contributed by atoms with Crippen LogP contribution in [0.2, 0.25) is 0 Å². The molecule has 0 unspecified atom stereocenters. The minimum absolute atomic E-state index is 0.00423. The smallest absolute Gasteiger partial charge is 0.410 e. The maximum absolute atomic E-state index is 12.3. The molecule has 0 spiro atoms. The van der Waals surface area contributed by atoms with E-state index >= 15 is 0 Å². The zero-order valence-electron chi connectivity index (χ0n) is 24.1. The summed E-state index contributed by atoms with van der Waals surface area (Å²) in [5.41, 5.74) is 3.34. The molecule has 9 heteroatoms. The molecular weight excluding hydrogens is 512 g/mol. The van der Waals surface area contributed by atoms with Gasteiger partial charge in [-0.1, -0.05) is 19.4 Å². The molecule has 9 nitrogen and oxygen atoms in total. The molecule has 1 N–H and O–H groups in total. The van der Waals surface area contributed by atoms with E-state index in [-0.39, 0.29) is 19.1 Å². The van der Waals surface area contributed by atoms with Crippen molar-refractivity contribution in [2.75, 3.05) is 20.3 Å². The fraction of sp³-hybridized carbons (Fsp3) is 0.452. The Morgan fingerprint density at radius 3 is 2.38 bits per heavy atom. The van der Waals surface area contributed by atoms with Crippen molar-refractivity contribution in [3.63, 3.8) is 0 Å². The molecule has 1 heterocycles. The first-order valence-electron chi connectivity index (χ1n) is 13.7. The topological polar surface area (TPSA) is 111 Å². The summed E-state index contributed by atoms with van der Waals surface area (Å²) in [7, 11) is 1.65. The zero-order valence-corrected chi connectivity index (χ0v) is 24.1. The first kappa shape index (κ1) is 30.5. The molecule has 0 saturated carbocycles. The van der Waals surface area contributed by atoms with Crippen molar-refractivity contribution in [1.82, 2.24) is 9.88 Å². The second kappa shape index (κ2) is 15.0. The van der Waals surface area contributed by atoms with Crippen molar-refractivity contribution in [2.24, 2.45) is 0 Å². The molecule has 1 aromatic heterocycles. The van der Waals surface area contributed by atoms with E-state index in [2.05, 4.69) is 11.9 Å². The number of aromatic nitrogens is 1. The fourth-order valence-corrected chi connectivity index (χ4v) is 4.01. The number of carbonyl (C=O) groups excluding carboxylic acids is 1. The van der Waals surface area contributed by atoms with Crippen molar-refractivity contribution in [3.05, 3.63) is 65.0 Å². The number of benzene rings is 2. The van der Waals surface area contributed by atoms with Gasteiger partial charge in [-0.2, -0.15) is 0 Å². The Balaban J connectivity index is 1.64. The second-order valence-corrected chi connectivity index (χ2v) is 9.96. The number of oxazole rings is 1. The van der Waals surface area contributed by atoms with Gasteiger partial charge in [-0.25, -0.2) is 9.78 Å². The summed E-state index contributed by atoms with van der Waals surface area (Å²) in [6.45, 7) is 8.94. The first-order valence-corrected chi connectivity index (χ1v) is 13.7. The largest absolute Gasteiger partial charge is 0.494 e. The van der Waals surface area contributed by atoms with Gasteiger partial charge >= 0.3 is 12.1 Å². The van der Waals surface area contributed by atoms with Gasteiger partial charge in [0.05, 0.1) is 25.0 Å². The maximum atomic E-state index is 12.3. The summed E-state index contributed by atoms with van der Waals surface area (Å²) in [5, 5.41) is 9.13. The Morgan fingerprint density at radius 1 is 1.00 bits per heavy atom. The number of ether oxygens (including phenoxy) is 3. The van der Waals surface area contributed by atoms with Crippen LogP contribution < -0.4 is 9.47 Å². The zero-order chi connectivity index (χ0) is 29.1. The number of carboxylic acid groups (broad SMARTS) is 1. The molecule has 0 atom stereocenters. The number of aryl methyl sites for hydroxylation is 2. The van der Waals surface area contributed by atoms with Gasteiger partial charge in [-0.05, 0) is 81.1 Å². The molecule has 3 aromatic rings. The van der Waals surface area contributed by atoms with Crippen molar-refractivity contribution < 1.29 is 33.3 Å². The van der Waals surface area contributed by atoms with Gasteiger partial charge in [0.25, 0.3) is 0 Å². The van der Waals surface area contributed by atoms with Crippen LogP contribution in [0.3, 0.4) is 0 Å². The van der Waals surface area contributed by atoms with E-state index < -0.39 is 12.1 Å². The highest BCUT2D eigenvalue weighted by atomic mass is 16.6. The summed E-state index contributed by atoms with van der Waals surface area (Å²) in [6, 6.07) is 13.2. The summed E-state index contributed by atoms with van der Waals surface area (Å²) >= 11 is 0. The molecule has 0 saturated heterocycles. The van der Waals surface area contributed by atoms with Crippen LogP contribution in [0.1, 0.15) is 62.6 Å². The van der Waals surface area contributed by atoms with Gasteiger partial charge < -0.3 is 28.6 Å². The van der Waals surface area contributed by atoms with Gasteiger partial charge in [-0.15, -0.1) is 0 Å². The van der Waals surface area contributed by atoms with Crippen LogP contribution >= 0.6 is 0 Å². The Bertz CT molecular complexity index is 1250. The number of hydrogen-bond acceptors (Lipinski definition) is 7. The van der Waals surface area contributed by atoms with E-state index in [1.807, 2.05) is 49.4 Å². The third kappa shape index (κ3) is 9.32. The predicted octanol–water partition coefficient (Wildman–Crippen LogP) is 6.44. The average Bonchev–Trinajstić information content (AvgIpc) is 3.28. The average molecular weight is 553 g/mol. The van der Waals surface area contributed by atoms with Gasteiger partial charge in [-0.3, -0.25) is 4.79 Å². The highest BCUT2D eigenvalue weighted by Crippen LogP contribution is 2.25.